The van der Waals surface area contributed by atoms with E-state index in [1.165, 1.54) is 4.90 Å². The van der Waals surface area contributed by atoms with E-state index in [0.29, 0.717) is 30.5 Å². The molecule has 2 atom stereocenters. The Balaban J connectivity index is 1.46. The van der Waals surface area contributed by atoms with Gasteiger partial charge in [-0.05, 0) is 17.7 Å². The minimum atomic E-state index is -0.559. The van der Waals surface area contributed by atoms with E-state index >= 15 is 0 Å². The summed E-state index contributed by atoms with van der Waals surface area (Å²) in [6.45, 7) is 1.51. The second kappa shape index (κ2) is 7.74. The van der Waals surface area contributed by atoms with Crippen molar-refractivity contribution in [2.24, 2.45) is 4.99 Å². The molecule has 0 bridgehead atoms. The van der Waals surface area contributed by atoms with Gasteiger partial charge in [0.1, 0.15) is 11.5 Å². The summed E-state index contributed by atoms with van der Waals surface area (Å²) in [5.74, 6) is 1.83. The second-order valence-corrected chi connectivity index (χ2v) is 7.97. The zero-order chi connectivity index (χ0) is 22.4. The van der Waals surface area contributed by atoms with E-state index < -0.39 is 12.2 Å². The maximum atomic E-state index is 13.5. The summed E-state index contributed by atoms with van der Waals surface area (Å²) in [5.41, 5.74) is 1.72. The van der Waals surface area contributed by atoms with Crippen LogP contribution in [0.2, 0.25) is 0 Å². The number of anilines is 1. The molecule has 2 aromatic rings. The molecule has 9 heteroatoms. The fourth-order valence-electron chi connectivity index (χ4n) is 4.58. The first-order valence-electron chi connectivity index (χ1n) is 10.5. The minimum Gasteiger partial charge on any atom is -0.497 e. The molecule has 3 amide bonds. The highest BCUT2D eigenvalue weighted by Gasteiger charge is 2.54. The SMILES string of the molecule is COc1ccc(OC)c(N2CCN3C2=NC2C3C(=O)N(Cc3ccccc3)C(=O)N2C)c1. The zero-order valence-corrected chi connectivity index (χ0v) is 18.3. The molecule has 3 aliphatic rings. The Bertz CT molecular complexity index is 1090. The summed E-state index contributed by atoms with van der Waals surface area (Å²) in [6, 6.07) is 14.2. The Morgan fingerprint density at radius 3 is 2.53 bits per heavy atom. The van der Waals surface area contributed by atoms with E-state index in [9.17, 15) is 9.59 Å². The lowest BCUT2D eigenvalue weighted by molar-refractivity contribution is -0.137. The average Bonchev–Trinajstić information content (AvgIpc) is 3.40. The Labute approximate surface area is 186 Å². The highest BCUT2D eigenvalue weighted by atomic mass is 16.5. The van der Waals surface area contributed by atoms with Gasteiger partial charge in [0.2, 0.25) is 5.96 Å². The van der Waals surface area contributed by atoms with Crippen molar-refractivity contribution in [1.29, 1.82) is 0 Å². The molecule has 166 valence electrons. The van der Waals surface area contributed by atoms with Crippen LogP contribution in [0, 0.1) is 0 Å². The molecule has 2 aromatic carbocycles. The number of aliphatic imine (C=N–C) groups is 1. The number of rotatable bonds is 5. The number of imide groups is 1. The largest absolute Gasteiger partial charge is 0.497 e. The summed E-state index contributed by atoms with van der Waals surface area (Å²) >= 11 is 0. The topological polar surface area (TPSA) is 77.9 Å². The van der Waals surface area contributed by atoms with Gasteiger partial charge in [0.25, 0.3) is 5.91 Å². The molecule has 3 aliphatic heterocycles. The summed E-state index contributed by atoms with van der Waals surface area (Å²) in [7, 11) is 4.93. The number of benzene rings is 2. The highest BCUT2D eigenvalue weighted by Crippen LogP contribution is 2.38. The molecule has 0 aliphatic carbocycles. The van der Waals surface area contributed by atoms with E-state index in [1.807, 2.05) is 58.3 Å². The number of amides is 3. The van der Waals surface area contributed by atoms with Crippen LogP contribution in [0.4, 0.5) is 10.5 Å². The van der Waals surface area contributed by atoms with E-state index in [0.717, 1.165) is 11.3 Å². The molecule has 2 saturated heterocycles. The molecule has 3 heterocycles. The lowest BCUT2D eigenvalue weighted by Gasteiger charge is -2.40. The maximum absolute atomic E-state index is 13.5. The van der Waals surface area contributed by atoms with Gasteiger partial charge < -0.3 is 24.2 Å². The van der Waals surface area contributed by atoms with E-state index in [2.05, 4.69) is 0 Å². The van der Waals surface area contributed by atoms with Crippen molar-refractivity contribution in [1.82, 2.24) is 14.7 Å². The van der Waals surface area contributed by atoms with Crippen LogP contribution >= 0.6 is 0 Å². The van der Waals surface area contributed by atoms with Gasteiger partial charge in [-0.15, -0.1) is 0 Å². The number of guanidine groups is 1. The van der Waals surface area contributed by atoms with E-state index in [4.69, 9.17) is 14.5 Å². The smallest absolute Gasteiger partial charge is 0.328 e. The fraction of sp³-hybridized carbons (Fsp3) is 0.348. The van der Waals surface area contributed by atoms with Gasteiger partial charge in [-0.2, -0.15) is 0 Å². The number of ether oxygens (including phenoxy) is 2. The molecule has 0 N–H and O–H groups in total. The highest BCUT2D eigenvalue weighted by molar-refractivity contribution is 6.08. The molecular weight excluding hydrogens is 410 g/mol. The Morgan fingerprint density at radius 1 is 1.03 bits per heavy atom. The predicted octanol–water partition coefficient (Wildman–Crippen LogP) is 1.98. The maximum Gasteiger partial charge on any atom is 0.328 e. The average molecular weight is 435 g/mol. The van der Waals surface area contributed by atoms with Crippen LogP contribution in [0.3, 0.4) is 0 Å². The first kappa shape index (κ1) is 20.2. The zero-order valence-electron chi connectivity index (χ0n) is 18.3. The molecule has 0 spiro atoms. The van der Waals surface area contributed by atoms with Gasteiger partial charge >= 0.3 is 6.03 Å². The van der Waals surface area contributed by atoms with Crippen molar-refractivity contribution in [2.75, 3.05) is 39.3 Å². The van der Waals surface area contributed by atoms with Crippen molar-refractivity contribution in [2.45, 2.75) is 18.8 Å². The van der Waals surface area contributed by atoms with Crippen LogP contribution in [0.5, 0.6) is 11.5 Å². The molecule has 32 heavy (non-hydrogen) atoms. The normalized spacial score (nSPS) is 22.2. The van der Waals surface area contributed by atoms with Crippen LogP contribution in [0.15, 0.2) is 53.5 Å². The summed E-state index contributed by atoms with van der Waals surface area (Å²) in [6.07, 6.45) is -0.559. The Hall–Kier alpha value is -3.75. The van der Waals surface area contributed by atoms with Crippen LogP contribution in [-0.2, 0) is 11.3 Å². The Morgan fingerprint density at radius 2 is 1.81 bits per heavy atom. The van der Waals surface area contributed by atoms with E-state index in [1.54, 1.807) is 26.2 Å². The molecule has 9 nitrogen and oxygen atoms in total. The third-order valence-corrected chi connectivity index (χ3v) is 6.24. The monoisotopic (exact) mass is 435 g/mol. The summed E-state index contributed by atoms with van der Waals surface area (Å²) in [4.78, 5) is 38.2. The van der Waals surface area contributed by atoms with Gasteiger partial charge in [-0.3, -0.25) is 9.69 Å². The Kier molecular flexibility index (Phi) is 4.88. The summed E-state index contributed by atoms with van der Waals surface area (Å²) < 4.78 is 10.9. The first-order chi connectivity index (χ1) is 15.5. The number of carbonyl (C=O) groups excluding carboxylic acids is 2. The minimum absolute atomic E-state index is 0.222. The number of urea groups is 1. The summed E-state index contributed by atoms with van der Waals surface area (Å²) in [5, 5.41) is 0. The van der Waals surface area contributed by atoms with Crippen molar-refractivity contribution in [3.8, 4) is 11.5 Å². The number of carbonyl (C=O) groups is 2. The number of fused-ring (bicyclic) bond motifs is 3. The molecule has 0 saturated carbocycles. The van der Waals surface area contributed by atoms with Gasteiger partial charge in [0, 0.05) is 26.2 Å². The van der Waals surface area contributed by atoms with Gasteiger partial charge in [0.15, 0.2) is 12.2 Å². The first-order valence-corrected chi connectivity index (χ1v) is 10.5. The lowest BCUT2D eigenvalue weighted by Crippen LogP contribution is -2.64. The third kappa shape index (κ3) is 3.04. The number of hydrogen-bond donors (Lipinski definition) is 0. The van der Waals surface area contributed by atoms with Crippen LogP contribution in [-0.4, -0.2) is 79.2 Å². The molecule has 0 aromatic heterocycles. The van der Waals surface area contributed by atoms with E-state index in [-0.39, 0.29) is 18.5 Å². The number of hydrogen-bond acceptors (Lipinski definition) is 7. The molecule has 2 fully saturated rings. The second-order valence-electron chi connectivity index (χ2n) is 7.97. The van der Waals surface area contributed by atoms with Crippen molar-refractivity contribution >= 4 is 23.6 Å². The molecular formula is C23H25N5O4. The quantitative estimate of drug-likeness (QED) is 0.715. The molecule has 0 radical (unpaired) electrons. The molecule has 5 rings (SSSR count). The fourth-order valence-corrected chi connectivity index (χ4v) is 4.58. The van der Waals surface area contributed by atoms with Gasteiger partial charge in [0.05, 0.1) is 26.5 Å². The van der Waals surface area contributed by atoms with Crippen molar-refractivity contribution in [3.05, 3.63) is 54.1 Å². The molecule has 2 unspecified atom stereocenters. The lowest BCUT2D eigenvalue weighted by atomic mass is 10.1. The number of likely N-dealkylation sites (N-methyl/N-ethyl adjacent to an activating group) is 1. The third-order valence-electron chi connectivity index (χ3n) is 6.24. The van der Waals surface area contributed by atoms with Crippen molar-refractivity contribution < 1.29 is 19.1 Å². The van der Waals surface area contributed by atoms with Crippen LogP contribution in [0.1, 0.15) is 5.56 Å². The van der Waals surface area contributed by atoms with Gasteiger partial charge in [-0.25, -0.2) is 9.79 Å². The number of methoxy groups -OCH3 is 2. The van der Waals surface area contributed by atoms with Crippen LogP contribution < -0.4 is 14.4 Å². The number of nitrogens with zero attached hydrogens (tertiary/aromatic N) is 5. The van der Waals surface area contributed by atoms with Crippen molar-refractivity contribution in [3.63, 3.8) is 0 Å². The predicted molar refractivity (Wildman–Crippen MR) is 119 cm³/mol. The standard InChI is InChI=1S/C23H25N5O4/c1-25-20-19(21(29)28(23(25)30)14-15-7-5-4-6-8-15)27-12-11-26(22(27)24-20)17-13-16(31-2)9-10-18(17)32-3/h4-10,13,19-20H,11-12,14H2,1-3H3. The van der Waals surface area contributed by atoms with Crippen LogP contribution in [0.25, 0.3) is 0 Å². The van der Waals surface area contributed by atoms with Gasteiger partial charge in [-0.1, -0.05) is 30.3 Å².